The van der Waals surface area contributed by atoms with Crippen LogP contribution in [-0.4, -0.2) is 0 Å². The fourth-order valence-electron chi connectivity index (χ4n) is 0.788. The second-order valence-electron chi connectivity index (χ2n) is 1.84. The standard InChI is InChI=1S/C6H6N2O/c1-2-7-8-6-4-9-3-5(1)6/h1-4,7-8H. The molecule has 0 spiro atoms. The smallest absolute Gasteiger partial charge is 0.116 e. The summed E-state index contributed by atoms with van der Waals surface area (Å²) in [5, 5.41) is 0. The number of nitrogens with one attached hydrogen (secondary N) is 2. The van der Waals surface area contributed by atoms with Crippen LogP contribution in [-0.2, 0) is 0 Å². The summed E-state index contributed by atoms with van der Waals surface area (Å²) in [6, 6.07) is 0. The third-order valence-corrected chi connectivity index (χ3v) is 1.24. The molecule has 0 atom stereocenters. The molecule has 2 heterocycles. The average molecular weight is 122 g/mol. The molecular weight excluding hydrogens is 116 g/mol. The third kappa shape index (κ3) is 0.579. The Morgan fingerprint density at radius 3 is 3.22 bits per heavy atom. The molecule has 1 aromatic rings. The Morgan fingerprint density at radius 1 is 1.33 bits per heavy atom. The van der Waals surface area contributed by atoms with Gasteiger partial charge in [-0.05, 0) is 6.08 Å². The molecule has 46 valence electrons. The predicted molar refractivity (Wildman–Crippen MR) is 34.5 cm³/mol. The van der Waals surface area contributed by atoms with Crippen molar-refractivity contribution in [3.63, 3.8) is 0 Å². The number of hydrazine groups is 1. The maximum atomic E-state index is 4.91. The molecule has 0 amide bonds. The van der Waals surface area contributed by atoms with Gasteiger partial charge in [0.15, 0.2) is 0 Å². The minimum atomic E-state index is 0.984. The van der Waals surface area contributed by atoms with Crippen molar-refractivity contribution in [1.82, 2.24) is 5.43 Å². The number of anilines is 1. The zero-order valence-corrected chi connectivity index (χ0v) is 4.72. The second kappa shape index (κ2) is 1.55. The van der Waals surface area contributed by atoms with Gasteiger partial charge in [-0.1, -0.05) is 0 Å². The fraction of sp³-hybridized carbons (Fsp3) is 0. The van der Waals surface area contributed by atoms with Crippen molar-refractivity contribution in [3.05, 3.63) is 24.3 Å². The van der Waals surface area contributed by atoms with E-state index in [1.54, 1.807) is 12.5 Å². The Kier molecular flexibility index (Phi) is 0.773. The quantitative estimate of drug-likeness (QED) is 0.542. The molecule has 0 unspecified atom stereocenters. The van der Waals surface area contributed by atoms with Crippen molar-refractivity contribution in [2.75, 3.05) is 5.43 Å². The lowest BCUT2D eigenvalue weighted by molar-refractivity contribution is 0.567. The normalized spacial score (nSPS) is 13.8. The molecule has 0 saturated carbocycles. The van der Waals surface area contributed by atoms with Gasteiger partial charge in [0, 0.05) is 11.8 Å². The molecular formula is C6H6N2O. The summed E-state index contributed by atoms with van der Waals surface area (Å²) in [6.45, 7) is 0. The van der Waals surface area contributed by atoms with Gasteiger partial charge in [0.05, 0.1) is 12.0 Å². The van der Waals surface area contributed by atoms with E-state index in [9.17, 15) is 0 Å². The van der Waals surface area contributed by atoms with Gasteiger partial charge in [0.2, 0.25) is 0 Å². The zero-order valence-electron chi connectivity index (χ0n) is 4.72. The SMILES string of the molecule is C1=Cc2cocc2NN1. The summed E-state index contributed by atoms with van der Waals surface area (Å²) >= 11 is 0. The van der Waals surface area contributed by atoms with Crippen LogP contribution in [0.25, 0.3) is 6.08 Å². The molecule has 0 saturated heterocycles. The van der Waals surface area contributed by atoms with Gasteiger partial charge in [0.1, 0.15) is 6.26 Å². The molecule has 0 aromatic carbocycles. The highest BCUT2D eigenvalue weighted by Gasteiger charge is 2.02. The summed E-state index contributed by atoms with van der Waals surface area (Å²) in [7, 11) is 0. The Hall–Kier alpha value is -1.38. The van der Waals surface area contributed by atoms with Crippen LogP contribution in [0.3, 0.4) is 0 Å². The minimum Gasteiger partial charge on any atom is -0.470 e. The van der Waals surface area contributed by atoms with Crippen LogP contribution in [0.15, 0.2) is 23.1 Å². The van der Waals surface area contributed by atoms with Gasteiger partial charge in [-0.2, -0.15) is 0 Å². The van der Waals surface area contributed by atoms with E-state index >= 15 is 0 Å². The van der Waals surface area contributed by atoms with Gasteiger partial charge in [0.25, 0.3) is 0 Å². The first-order valence-electron chi connectivity index (χ1n) is 2.71. The van der Waals surface area contributed by atoms with E-state index in [1.807, 2.05) is 12.3 Å². The van der Waals surface area contributed by atoms with Crippen molar-refractivity contribution in [1.29, 1.82) is 0 Å². The van der Waals surface area contributed by atoms with E-state index < -0.39 is 0 Å². The molecule has 0 bridgehead atoms. The van der Waals surface area contributed by atoms with Crippen molar-refractivity contribution in [2.24, 2.45) is 0 Å². The summed E-state index contributed by atoms with van der Waals surface area (Å²) in [6.07, 6.45) is 7.11. The molecule has 1 aliphatic heterocycles. The van der Waals surface area contributed by atoms with Crippen LogP contribution in [0, 0.1) is 0 Å². The molecule has 1 aromatic heterocycles. The Balaban J connectivity index is 2.53. The summed E-state index contributed by atoms with van der Waals surface area (Å²) in [5.41, 5.74) is 7.81. The molecule has 1 aliphatic rings. The van der Waals surface area contributed by atoms with Crippen molar-refractivity contribution < 1.29 is 4.42 Å². The third-order valence-electron chi connectivity index (χ3n) is 1.24. The summed E-state index contributed by atoms with van der Waals surface area (Å²) in [4.78, 5) is 0. The van der Waals surface area contributed by atoms with Gasteiger partial charge < -0.3 is 9.84 Å². The van der Waals surface area contributed by atoms with E-state index in [0.29, 0.717) is 0 Å². The van der Waals surface area contributed by atoms with E-state index in [2.05, 4.69) is 10.9 Å². The maximum Gasteiger partial charge on any atom is 0.116 e. The van der Waals surface area contributed by atoms with E-state index in [4.69, 9.17) is 4.42 Å². The first kappa shape index (κ1) is 4.49. The highest BCUT2D eigenvalue weighted by molar-refractivity contribution is 5.66. The van der Waals surface area contributed by atoms with Crippen molar-refractivity contribution in [3.8, 4) is 0 Å². The summed E-state index contributed by atoms with van der Waals surface area (Å²) < 4.78 is 4.91. The lowest BCUT2D eigenvalue weighted by Gasteiger charge is -2.07. The molecule has 9 heavy (non-hydrogen) atoms. The van der Waals surface area contributed by atoms with Crippen LogP contribution in [0.4, 0.5) is 5.69 Å². The van der Waals surface area contributed by atoms with Gasteiger partial charge in [-0.3, -0.25) is 5.43 Å². The first-order chi connectivity index (χ1) is 4.47. The van der Waals surface area contributed by atoms with Gasteiger partial charge in [-0.15, -0.1) is 0 Å². The van der Waals surface area contributed by atoms with Crippen LogP contribution in [0.5, 0.6) is 0 Å². The molecule has 2 N–H and O–H groups in total. The van der Waals surface area contributed by atoms with Crippen LogP contribution >= 0.6 is 0 Å². The molecule has 0 fully saturated rings. The topological polar surface area (TPSA) is 37.2 Å². The maximum absolute atomic E-state index is 4.91. The van der Waals surface area contributed by atoms with E-state index in [0.717, 1.165) is 11.3 Å². The number of fused-ring (bicyclic) bond motifs is 1. The van der Waals surface area contributed by atoms with Crippen molar-refractivity contribution >= 4 is 11.8 Å². The van der Waals surface area contributed by atoms with Crippen molar-refractivity contribution in [2.45, 2.75) is 0 Å². The molecule has 0 aliphatic carbocycles. The van der Waals surface area contributed by atoms with Crippen LogP contribution in [0.2, 0.25) is 0 Å². The molecule has 2 rings (SSSR count). The fourth-order valence-corrected chi connectivity index (χ4v) is 0.788. The Labute approximate surface area is 52.3 Å². The monoisotopic (exact) mass is 122 g/mol. The highest BCUT2D eigenvalue weighted by atomic mass is 16.3. The lowest BCUT2D eigenvalue weighted by atomic mass is 10.3. The average Bonchev–Trinajstić information content (AvgIpc) is 2.33. The van der Waals surface area contributed by atoms with Gasteiger partial charge >= 0.3 is 0 Å². The molecule has 0 radical (unpaired) electrons. The number of hydrogen-bond donors (Lipinski definition) is 2. The number of hydrogen-bond acceptors (Lipinski definition) is 3. The summed E-state index contributed by atoms with van der Waals surface area (Å²) in [5.74, 6) is 0. The van der Waals surface area contributed by atoms with E-state index in [-0.39, 0.29) is 0 Å². The largest absolute Gasteiger partial charge is 0.470 e. The molecule has 3 heteroatoms. The Bertz CT molecular complexity index is 239. The highest BCUT2D eigenvalue weighted by Crippen LogP contribution is 2.18. The first-order valence-corrected chi connectivity index (χ1v) is 2.71. The van der Waals surface area contributed by atoms with Crippen LogP contribution in [0.1, 0.15) is 5.56 Å². The number of furan rings is 1. The van der Waals surface area contributed by atoms with Crippen LogP contribution < -0.4 is 10.9 Å². The van der Waals surface area contributed by atoms with Gasteiger partial charge in [-0.25, -0.2) is 0 Å². The molecule has 3 nitrogen and oxygen atoms in total. The minimum absolute atomic E-state index is 0.984. The zero-order chi connectivity index (χ0) is 6.10. The number of rotatable bonds is 0. The lowest BCUT2D eigenvalue weighted by Crippen LogP contribution is -2.16. The second-order valence-corrected chi connectivity index (χ2v) is 1.84. The van der Waals surface area contributed by atoms with E-state index in [1.165, 1.54) is 0 Å². The predicted octanol–water partition coefficient (Wildman–Crippen LogP) is 1.18. The Morgan fingerprint density at radius 2 is 2.33 bits per heavy atom.